The molecule has 0 saturated heterocycles. The third-order valence-electron chi connectivity index (χ3n) is 3.27. The molecule has 1 unspecified atom stereocenters. The number of hydrogen-bond acceptors (Lipinski definition) is 4. The van der Waals surface area contributed by atoms with Crippen LogP contribution < -0.4 is 5.32 Å². The van der Waals surface area contributed by atoms with Gasteiger partial charge in [-0.3, -0.25) is 0 Å². The molecule has 1 aromatic carbocycles. The molecule has 1 heterocycles. The number of thioether (sulfide) groups is 1. The number of aromatic carboxylic acids is 1. The molecule has 0 spiro atoms. The van der Waals surface area contributed by atoms with Crippen molar-refractivity contribution in [3.63, 3.8) is 0 Å². The first-order valence-corrected chi connectivity index (χ1v) is 8.03. The van der Waals surface area contributed by atoms with Gasteiger partial charge in [0.25, 0.3) is 0 Å². The van der Waals surface area contributed by atoms with E-state index in [0.29, 0.717) is 11.3 Å². The molecule has 2 N–H and O–H groups in total. The van der Waals surface area contributed by atoms with Crippen molar-refractivity contribution in [3.05, 3.63) is 47.9 Å². The van der Waals surface area contributed by atoms with Crippen LogP contribution in [0.15, 0.2) is 45.9 Å². The van der Waals surface area contributed by atoms with Gasteiger partial charge in [-0.1, -0.05) is 6.07 Å². The number of carbonyl (C=O) groups is 1. The smallest absolute Gasteiger partial charge is 0.338 e. The minimum atomic E-state index is -0.902. The Kier molecular flexibility index (Phi) is 5.33. The Bertz CT molecular complexity index is 596. The summed E-state index contributed by atoms with van der Waals surface area (Å²) in [7, 11) is 0. The Morgan fingerprint density at radius 3 is 2.81 bits per heavy atom. The molecule has 0 saturated carbocycles. The van der Waals surface area contributed by atoms with Crippen LogP contribution in [-0.4, -0.2) is 23.4 Å². The van der Waals surface area contributed by atoms with Gasteiger partial charge in [0.15, 0.2) is 0 Å². The average Bonchev–Trinajstić information content (AvgIpc) is 2.97. The maximum atomic E-state index is 11.5. The van der Waals surface area contributed by atoms with Crippen LogP contribution in [0, 0.1) is 0 Å². The number of anilines is 1. The van der Waals surface area contributed by atoms with Crippen LogP contribution in [0.5, 0.6) is 0 Å². The number of carboxylic acid groups (broad SMARTS) is 1. The van der Waals surface area contributed by atoms with Crippen molar-refractivity contribution in [3.8, 4) is 0 Å². The molecule has 0 fully saturated rings. The van der Waals surface area contributed by atoms with E-state index in [0.717, 1.165) is 23.5 Å². The Morgan fingerprint density at radius 1 is 1.38 bits per heavy atom. The summed E-state index contributed by atoms with van der Waals surface area (Å²) >= 11 is 1.44. The lowest BCUT2D eigenvalue weighted by molar-refractivity contribution is 0.0694. The highest BCUT2D eigenvalue weighted by Gasteiger charge is 2.16. The zero-order chi connectivity index (χ0) is 15.2. The highest BCUT2D eigenvalue weighted by atomic mass is 32.2. The van der Waals surface area contributed by atoms with Gasteiger partial charge in [0, 0.05) is 17.4 Å². The molecule has 0 aliphatic heterocycles. The predicted octanol–water partition coefficient (Wildman–Crippen LogP) is 4.13. The highest BCUT2D eigenvalue weighted by molar-refractivity contribution is 7.98. The molecule has 0 amide bonds. The van der Waals surface area contributed by atoms with Gasteiger partial charge < -0.3 is 14.8 Å². The Balaban J connectivity index is 2.06. The van der Waals surface area contributed by atoms with E-state index in [1.54, 1.807) is 6.26 Å². The van der Waals surface area contributed by atoms with Crippen molar-refractivity contribution < 1.29 is 14.3 Å². The molecule has 21 heavy (non-hydrogen) atoms. The van der Waals surface area contributed by atoms with Gasteiger partial charge in [0.1, 0.15) is 5.76 Å². The van der Waals surface area contributed by atoms with Crippen molar-refractivity contribution >= 4 is 23.4 Å². The number of furan rings is 1. The van der Waals surface area contributed by atoms with Crippen LogP contribution in [0.4, 0.5) is 5.69 Å². The quantitative estimate of drug-likeness (QED) is 0.753. The molecular weight excluding hydrogens is 286 g/mol. The van der Waals surface area contributed by atoms with Gasteiger partial charge in [0.2, 0.25) is 0 Å². The molecule has 0 aliphatic rings. The molecule has 112 valence electrons. The SMILES string of the molecule is CSc1cccc(NC(C)CCc2ccco2)c1C(=O)O. The number of hydrogen-bond donors (Lipinski definition) is 2. The van der Waals surface area contributed by atoms with Gasteiger partial charge in [0.05, 0.1) is 17.5 Å². The van der Waals surface area contributed by atoms with Crippen molar-refractivity contribution in [2.45, 2.75) is 30.7 Å². The van der Waals surface area contributed by atoms with Crippen LogP contribution in [0.2, 0.25) is 0 Å². The van der Waals surface area contributed by atoms with Crippen molar-refractivity contribution in [2.75, 3.05) is 11.6 Å². The molecule has 2 rings (SSSR count). The minimum absolute atomic E-state index is 0.158. The lowest BCUT2D eigenvalue weighted by Gasteiger charge is -2.17. The fourth-order valence-corrected chi connectivity index (χ4v) is 2.81. The van der Waals surface area contributed by atoms with Crippen LogP contribution in [0.3, 0.4) is 0 Å². The monoisotopic (exact) mass is 305 g/mol. The van der Waals surface area contributed by atoms with Gasteiger partial charge in [-0.25, -0.2) is 4.79 Å². The summed E-state index contributed by atoms with van der Waals surface area (Å²) in [4.78, 5) is 12.2. The standard InChI is InChI=1S/C16H19NO3S/c1-11(8-9-12-5-4-10-20-12)17-13-6-3-7-14(21-2)15(13)16(18)19/h3-7,10-11,17H,8-9H2,1-2H3,(H,18,19). The van der Waals surface area contributed by atoms with Gasteiger partial charge in [-0.2, -0.15) is 0 Å². The second-order valence-electron chi connectivity index (χ2n) is 4.85. The maximum Gasteiger partial charge on any atom is 0.338 e. The fourth-order valence-electron chi connectivity index (χ4n) is 2.19. The second-order valence-corrected chi connectivity index (χ2v) is 5.70. The number of aryl methyl sites for hydroxylation is 1. The lowest BCUT2D eigenvalue weighted by atomic mass is 10.1. The van der Waals surface area contributed by atoms with Crippen LogP contribution in [0.25, 0.3) is 0 Å². The predicted molar refractivity (Wildman–Crippen MR) is 85.3 cm³/mol. The zero-order valence-corrected chi connectivity index (χ0v) is 12.9. The van der Waals surface area contributed by atoms with Crippen LogP contribution in [-0.2, 0) is 6.42 Å². The molecular formula is C16H19NO3S. The number of nitrogens with one attached hydrogen (secondary N) is 1. The summed E-state index contributed by atoms with van der Waals surface area (Å²) in [6.07, 6.45) is 5.24. The summed E-state index contributed by atoms with van der Waals surface area (Å²) < 4.78 is 5.31. The first-order chi connectivity index (χ1) is 10.1. The number of carboxylic acids is 1. The highest BCUT2D eigenvalue weighted by Crippen LogP contribution is 2.28. The summed E-state index contributed by atoms with van der Waals surface area (Å²) in [6.45, 7) is 2.04. The first kappa shape index (κ1) is 15.5. The Labute approximate surface area is 128 Å². The van der Waals surface area contributed by atoms with Gasteiger partial charge in [-0.15, -0.1) is 11.8 Å². The molecule has 5 heteroatoms. The third kappa shape index (κ3) is 4.04. The Morgan fingerprint density at radius 2 is 2.19 bits per heavy atom. The molecule has 1 atom stereocenters. The van der Waals surface area contributed by atoms with E-state index < -0.39 is 5.97 Å². The zero-order valence-electron chi connectivity index (χ0n) is 12.1. The summed E-state index contributed by atoms with van der Waals surface area (Å²) in [5.74, 6) is 0.0423. The third-order valence-corrected chi connectivity index (χ3v) is 4.05. The molecule has 0 radical (unpaired) electrons. The van der Waals surface area contributed by atoms with E-state index in [9.17, 15) is 9.90 Å². The van der Waals surface area contributed by atoms with Gasteiger partial charge >= 0.3 is 5.97 Å². The molecule has 2 aromatic rings. The van der Waals surface area contributed by atoms with Crippen LogP contribution in [0.1, 0.15) is 29.5 Å². The van der Waals surface area contributed by atoms with E-state index >= 15 is 0 Å². The topological polar surface area (TPSA) is 62.5 Å². The van der Waals surface area contributed by atoms with Crippen molar-refractivity contribution in [2.24, 2.45) is 0 Å². The van der Waals surface area contributed by atoms with Gasteiger partial charge in [-0.05, 0) is 43.9 Å². The lowest BCUT2D eigenvalue weighted by Crippen LogP contribution is -2.18. The average molecular weight is 305 g/mol. The number of benzene rings is 1. The number of rotatable bonds is 7. The largest absolute Gasteiger partial charge is 0.478 e. The molecule has 1 aromatic heterocycles. The molecule has 0 aliphatic carbocycles. The van der Waals surface area contributed by atoms with E-state index in [2.05, 4.69) is 5.32 Å². The van der Waals surface area contributed by atoms with E-state index in [-0.39, 0.29) is 6.04 Å². The van der Waals surface area contributed by atoms with E-state index in [4.69, 9.17) is 4.42 Å². The Hall–Kier alpha value is -1.88. The van der Waals surface area contributed by atoms with Crippen LogP contribution >= 0.6 is 11.8 Å². The minimum Gasteiger partial charge on any atom is -0.478 e. The molecule has 4 nitrogen and oxygen atoms in total. The fraction of sp³-hybridized carbons (Fsp3) is 0.312. The van der Waals surface area contributed by atoms with Crippen molar-refractivity contribution in [1.82, 2.24) is 0 Å². The first-order valence-electron chi connectivity index (χ1n) is 6.81. The summed E-state index contributed by atoms with van der Waals surface area (Å²) in [6, 6.07) is 9.49. The van der Waals surface area contributed by atoms with E-state index in [1.165, 1.54) is 11.8 Å². The normalized spacial score (nSPS) is 12.1. The summed E-state index contributed by atoms with van der Waals surface area (Å²) in [5.41, 5.74) is 1.01. The van der Waals surface area contributed by atoms with Crippen molar-refractivity contribution in [1.29, 1.82) is 0 Å². The maximum absolute atomic E-state index is 11.5. The second kappa shape index (κ2) is 7.22. The molecule has 0 bridgehead atoms. The summed E-state index contributed by atoms with van der Waals surface area (Å²) in [5, 5.41) is 12.7. The van der Waals surface area contributed by atoms with E-state index in [1.807, 2.05) is 43.5 Å².